The SMILES string of the molecule is O/N=C(\Cl)c1c(F)cccc1OCC(F)(F)F. The summed E-state index contributed by atoms with van der Waals surface area (Å²) in [6.07, 6.45) is -4.56. The molecule has 0 aliphatic heterocycles. The number of oxime groups is 1. The summed E-state index contributed by atoms with van der Waals surface area (Å²) < 4.78 is 53.4. The molecule has 0 bridgehead atoms. The highest BCUT2D eigenvalue weighted by Gasteiger charge is 2.29. The van der Waals surface area contributed by atoms with Gasteiger partial charge in [-0.25, -0.2) is 4.39 Å². The number of nitrogens with zero attached hydrogens (tertiary/aromatic N) is 1. The third-order valence-electron chi connectivity index (χ3n) is 1.66. The summed E-state index contributed by atoms with van der Waals surface area (Å²) >= 11 is 5.35. The van der Waals surface area contributed by atoms with Crippen LogP contribution in [0.4, 0.5) is 17.6 Å². The average Bonchev–Trinajstić information content (AvgIpc) is 2.24. The molecule has 0 amide bonds. The van der Waals surface area contributed by atoms with Gasteiger partial charge in [-0.1, -0.05) is 22.8 Å². The summed E-state index contributed by atoms with van der Waals surface area (Å²) in [6, 6.07) is 3.17. The standard InChI is InChI=1S/C9H6ClF4NO2/c10-8(15-16)7-5(11)2-1-3-6(7)17-4-9(12,13)14/h1-3,16H,4H2/b15-8-. The van der Waals surface area contributed by atoms with E-state index >= 15 is 0 Å². The minimum atomic E-state index is -4.56. The molecule has 94 valence electrons. The molecule has 1 rings (SSSR count). The second kappa shape index (κ2) is 5.22. The fourth-order valence-corrected chi connectivity index (χ4v) is 1.22. The molecular weight excluding hydrogens is 266 g/mol. The minimum Gasteiger partial charge on any atom is -0.483 e. The van der Waals surface area contributed by atoms with Gasteiger partial charge in [0.2, 0.25) is 0 Å². The Morgan fingerprint density at radius 2 is 2.06 bits per heavy atom. The van der Waals surface area contributed by atoms with Crippen LogP contribution in [0, 0.1) is 5.82 Å². The molecule has 0 unspecified atom stereocenters. The van der Waals surface area contributed by atoms with E-state index in [2.05, 4.69) is 9.89 Å². The van der Waals surface area contributed by atoms with Gasteiger partial charge in [0.25, 0.3) is 0 Å². The van der Waals surface area contributed by atoms with Crippen LogP contribution in [0.25, 0.3) is 0 Å². The monoisotopic (exact) mass is 271 g/mol. The number of halogens is 5. The van der Waals surface area contributed by atoms with E-state index in [0.717, 1.165) is 18.2 Å². The zero-order valence-corrected chi connectivity index (χ0v) is 8.89. The van der Waals surface area contributed by atoms with Crippen molar-refractivity contribution in [1.82, 2.24) is 0 Å². The fourth-order valence-electron chi connectivity index (χ4n) is 1.03. The van der Waals surface area contributed by atoms with E-state index in [9.17, 15) is 17.6 Å². The molecule has 1 aromatic rings. The first kappa shape index (κ1) is 13.6. The van der Waals surface area contributed by atoms with E-state index in [1.165, 1.54) is 0 Å². The maximum atomic E-state index is 13.3. The molecule has 0 saturated heterocycles. The van der Waals surface area contributed by atoms with Gasteiger partial charge in [0.1, 0.15) is 11.6 Å². The van der Waals surface area contributed by atoms with Crippen LogP contribution in [0.2, 0.25) is 0 Å². The smallest absolute Gasteiger partial charge is 0.422 e. The lowest BCUT2D eigenvalue weighted by Gasteiger charge is -2.12. The van der Waals surface area contributed by atoms with Gasteiger partial charge in [-0.2, -0.15) is 13.2 Å². The van der Waals surface area contributed by atoms with Crippen molar-refractivity contribution in [3.05, 3.63) is 29.6 Å². The van der Waals surface area contributed by atoms with Gasteiger partial charge in [0, 0.05) is 0 Å². The summed E-state index contributed by atoms with van der Waals surface area (Å²) in [6.45, 7) is -1.60. The molecule has 17 heavy (non-hydrogen) atoms. The van der Waals surface area contributed by atoms with E-state index in [1.807, 2.05) is 0 Å². The number of benzene rings is 1. The van der Waals surface area contributed by atoms with E-state index in [0.29, 0.717) is 0 Å². The highest BCUT2D eigenvalue weighted by molar-refractivity contribution is 6.69. The van der Waals surface area contributed by atoms with Gasteiger partial charge in [-0.15, -0.1) is 0 Å². The summed E-state index contributed by atoms with van der Waals surface area (Å²) in [5.41, 5.74) is -0.527. The van der Waals surface area contributed by atoms with Gasteiger partial charge >= 0.3 is 6.18 Å². The van der Waals surface area contributed by atoms with Crippen molar-refractivity contribution in [2.75, 3.05) is 6.61 Å². The largest absolute Gasteiger partial charge is 0.483 e. The number of alkyl halides is 3. The van der Waals surface area contributed by atoms with Crippen LogP contribution in [0.1, 0.15) is 5.56 Å². The van der Waals surface area contributed by atoms with Crippen molar-refractivity contribution in [3.8, 4) is 5.75 Å². The van der Waals surface area contributed by atoms with Crippen molar-refractivity contribution < 1.29 is 27.5 Å². The van der Waals surface area contributed by atoms with Crippen LogP contribution in [-0.4, -0.2) is 23.2 Å². The molecule has 0 radical (unpaired) electrons. The first-order valence-corrected chi connectivity index (χ1v) is 4.59. The predicted octanol–water partition coefficient (Wildman–Crippen LogP) is 3.14. The molecule has 0 heterocycles. The maximum absolute atomic E-state index is 13.3. The molecule has 3 nitrogen and oxygen atoms in total. The highest BCUT2D eigenvalue weighted by atomic mass is 35.5. The fraction of sp³-hybridized carbons (Fsp3) is 0.222. The lowest BCUT2D eigenvalue weighted by Crippen LogP contribution is -2.20. The van der Waals surface area contributed by atoms with Gasteiger partial charge in [0.05, 0.1) is 5.56 Å². The highest BCUT2D eigenvalue weighted by Crippen LogP contribution is 2.26. The molecule has 0 aromatic heterocycles. The molecule has 1 aromatic carbocycles. The van der Waals surface area contributed by atoms with Crippen molar-refractivity contribution >= 4 is 16.8 Å². The Morgan fingerprint density at radius 1 is 1.41 bits per heavy atom. The van der Waals surface area contributed by atoms with Crippen LogP contribution >= 0.6 is 11.6 Å². The normalized spacial score (nSPS) is 12.6. The van der Waals surface area contributed by atoms with Gasteiger partial charge < -0.3 is 9.94 Å². The van der Waals surface area contributed by atoms with Crippen LogP contribution in [0.5, 0.6) is 5.75 Å². The maximum Gasteiger partial charge on any atom is 0.422 e. The molecular formula is C9H6ClF4NO2. The Balaban J connectivity index is 3.03. The first-order valence-electron chi connectivity index (χ1n) is 4.21. The van der Waals surface area contributed by atoms with Gasteiger partial charge in [0.15, 0.2) is 11.8 Å². The van der Waals surface area contributed by atoms with E-state index in [-0.39, 0.29) is 0 Å². The molecule has 8 heteroatoms. The Kier molecular flexibility index (Phi) is 4.17. The van der Waals surface area contributed by atoms with Crippen molar-refractivity contribution in [3.63, 3.8) is 0 Å². The number of hydrogen-bond donors (Lipinski definition) is 1. The van der Waals surface area contributed by atoms with Gasteiger partial charge in [-0.05, 0) is 12.1 Å². The molecule has 1 N–H and O–H groups in total. The Bertz CT molecular complexity index is 433. The van der Waals surface area contributed by atoms with Crippen LogP contribution < -0.4 is 4.74 Å². The predicted molar refractivity (Wildman–Crippen MR) is 52.1 cm³/mol. The van der Waals surface area contributed by atoms with E-state index in [4.69, 9.17) is 16.8 Å². The van der Waals surface area contributed by atoms with E-state index < -0.39 is 35.1 Å². The molecule has 0 atom stereocenters. The summed E-state index contributed by atoms with van der Waals surface area (Å²) in [5, 5.41) is 10.2. The molecule has 0 fully saturated rings. The zero-order valence-electron chi connectivity index (χ0n) is 8.13. The number of hydrogen-bond acceptors (Lipinski definition) is 3. The Labute approximate surface area is 98.2 Å². The topological polar surface area (TPSA) is 41.8 Å². The van der Waals surface area contributed by atoms with Crippen LogP contribution in [0.3, 0.4) is 0 Å². The average molecular weight is 272 g/mol. The van der Waals surface area contributed by atoms with Crippen LogP contribution in [0.15, 0.2) is 23.4 Å². The van der Waals surface area contributed by atoms with Crippen molar-refractivity contribution in [1.29, 1.82) is 0 Å². The number of rotatable bonds is 3. The second-order valence-corrected chi connectivity index (χ2v) is 3.27. The summed E-state index contributed by atoms with van der Waals surface area (Å²) in [5.74, 6) is -1.41. The minimum absolute atomic E-state index is 0.454. The summed E-state index contributed by atoms with van der Waals surface area (Å²) in [4.78, 5) is 0. The van der Waals surface area contributed by atoms with Crippen molar-refractivity contribution in [2.45, 2.75) is 6.18 Å². The first-order chi connectivity index (χ1) is 7.85. The van der Waals surface area contributed by atoms with Crippen LogP contribution in [-0.2, 0) is 0 Å². The third-order valence-corrected chi connectivity index (χ3v) is 1.93. The second-order valence-electron chi connectivity index (χ2n) is 2.91. The Morgan fingerprint density at radius 3 is 2.59 bits per heavy atom. The molecule has 0 aliphatic carbocycles. The van der Waals surface area contributed by atoms with Crippen molar-refractivity contribution in [2.24, 2.45) is 5.16 Å². The Hall–Kier alpha value is -1.50. The quantitative estimate of drug-likeness (QED) is 0.397. The summed E-state index contributed by atoms with van der Waals surface area (Å²) in [7, 11) is 0. The lowest BCUT2D eigenvalue weighted by molar-refractivity contribution is -0.153. The van der Waals surface area contributed by atoms with Gasteiger partial charge in [-0.3, -0.25) is 0 Å². The molecule has 0 aliphatic rings. The van der Waals surface area contributed by atoms with E-state index in [1.54, 1.807) is 0 Å². The zero-order chi connectivity index (χ0) is 13.1. The third kappa shape index (κ3) is 3.77. The molecule has 0 spiro atoms. The molecule has 0 saturated carbocycles. The number of ether oxygens (including phenoxy) is 1. The lowest BCUT2D eigenvalue weighted by atomic mass is 10.2.